The molecular weight excluding hydrogens is 310 g/mol. The Morgan fingerprint density at radius 3 is 2.68 bits per heavy atom. The van der Waals surface area contributed by atoms with Gasteiger partial charge < -0.3 is 9.84 Å². The SMILES string of the molecule is Cc1cc(OCc2ccc(Br)cc2)c(C(=O)O)cn1. The predicted molar refractivity (Wildman–Crippen MR) is 74.4 cm³/mol. The van der Waals surface area contributed by atoms with Gasteiger partial charge in [0.1, 0.15) is 17.9 Å². The monoisotopic (exact) mass is 321 g/mol. The van der Waals surface area contributed by atoms with Crippen molar-refractivity contribution in [1.82, 2.24) is 4.98 Å². The van der Waals surface area contributed by atoms with Gasteiger partial charge in [0.05, 0.1) is 0 Å². The van der Waals surface area contributed by atoms with E-state index < -0.39 is 5.97 Å². The standard InChI is InChI=1S/C14H12BrNO3/c1-9-6-13(12(7-16-9)14(17)18)19-8-10-2-4-11(15)5-3-10/h2-7H,8H2,1H3,(H,17,18). The molecule has 1 N–H and O–H groups in total. The summed E-state index contributed by atoms with van der Waals surface area (Å²) in [5.74, 6) is -0.707. The molecule has 0 saturated carbocycles. The summed E-state index contributed by atoms with van der Waals surface area (Å²) in [7, 11) is 0. The van der Waals surface area contributed by atoms with E-state index >= 15 is 0 Å². The first-order valence-electron chi connectivity index (χ1n) is 5.63. The molecule has 98 valence electrons. The van der Waals surface area contributed by atoms with Crippen molar-refractivity contribution < 1.29 is 14.6 Å². The van der Waals surface area contributed by atoms with Gasteiger partial charge in [-0.1, -0.05) is 28.1 Å². The summed E-state index contributed by atoms with van der Waals surface area (Å²) >= 11 is 3.35. The van der Waals surface area contributed by atoms with Gasteiger partial charge in [-0.3, -0.25) is 4.98 Å². The molecule has 19 heavy (non-hydrogen) atoms. The fourth-order valence-electron chi connectivity index (χ4n) is 1.56. The number of carboxylic acid groups (broad SMARTS) is 1. The van der Waals surface area contributed by atoms with Crippen LogP contribution in [0.5, 0.6) is 5.75 Å². The average molecular weight is 322 g/mol. The molecule has 2 rings (SSSR count). The summed E-state index contributed by atoms with van der Waals surface area (Å²) in [6, 6.07) is 9.28. The van der Waals surface area contributed by atoms with Crippen LogP contribution < -0.4 is 4.74 Å². The van der Waals surface area contributed by atoms with Crippen LogP contribution >= 0.6 is 15.9 Å². The number of aromatic nitrogens is 1. The van der Waals surface area contributed by atoms with Crippen LogP contribution in [0.25, 0.3) is 0 Å². The zero-order chi connectivity index (χ0) is 13.8. The van der Waals surface area contributed by atoms with E-state index in [1.165, 1.54) is 6.20 Å². The van der Waals surface area contributed by atoms with Crippen LogP contribution in [0.1, 0.15) is 21.6 Å². The van der Waals surface area contributed by atoms with Crippen LogP contribution in [0, 0.1) is 6.92 Å². The smallest absolute Gasteiger partial charge is 0.341 e. The van der Waals surface area contributed by atoms with Gasteiger partial charge >= 0.3 is 5.97 Å². The van der Waals surface area contributed by atoms with E-state index in [2.05, 4.69) is 20.9 Å². The lowest BCUT2D eigenvalue weighted by atomic mass is 10.2. The fraction of sp³-hybridized carbons (Fsp3) is 0.143. The Labute approximate surface area is 119 Å². The Kier molecular flexibility index (Phi) is 4.16. The molecule has 0 spiro atoms. The van der Waals surface area contributed by atoms with Crippen molar-refractivity contribution in [2.75, 3.05) is 0 Å². The minimum Gasteiger partial charge on any atom is -0.488 e. The molecule has 1 aromatic heterocycles. The number of benzene rings is 1. The van der Waals surface area contributed by atoms with Crippen LogP contribution in [0.3, 0.4) is 0 Å². The third-order valence-corrected chi connectivity index (χ3v) is 3.07. The van der Waals surface area contributed by atoms with Crippen LogP contribution in [0.2, 0.25) is 0 Å². The molecule has 0 saturated heterocycles. The van der Waals surface area contributed by atoms with E-state index in [9.17, 15) is 4.79 Å². The number of carboxylic acids is 1. The molecule has 2 aromatic rings. The minimum atomic E-state index is -1.04. The highest BCUT2D eigenvalue weighted by molar-refractivity contribution is 9.10. The zero-order valence-electron chi connectivity index (χ0n) is 10.3. The molecule has 1 heterocycles. The third kappa shape index (κ3) is 3.54. The van der Waals surface area contributed by atoms with Gasteiger partial charge in [0, 0.05) is 22.4 Å². The van der Waals surface area contributed by atoms with E-state index in [1.807, 2.05) is 24.3 Å². The Morgan fingerprint density at radius 2 is 2.05 bits per heavy atom. The van der Waals surface area contributed by atoms with E-state index in [4.69, 9.17) is 9.84 Å². The van der Waals surface area contributed by atoms with Crippen molar-refractivity contribution in [3.05, 3.63) is 57.8 Å². The topological polar surface area (TPSA) is 59.4 Å². The van der Waals surface area contributed by atoms with E-state index in [1.54, 1.807) is 13.0 Å². The highest BCUT2D eigenvalue weighted by Gasteiger charge is 2.12. The Balaban J connectivity index is 2.16. The summed E-state index contributed by atoms with van der Waals surface area (Å²) in [6.45, 7) is 2.11. The molecule has 0 radical (unpaired) electrons. The van der Waals surface area contributed by atoms with Crippen LogP contribution in [-0.4, -0.2) is 16.1 Å². The average Bonchev–Trinajstić information content (AvgIpc) is 2.38. The molecule has 0 bridgehead atoms. The van der Waals surface area contributed by atoms with Crippen molar-refractivity contribution in [3.8, 4) is 5.75 Å². The summed E-state index contributed by atoms with van der Waals surface area (Å²) < 4.78 is 6.56. The molecule has 5 heteroatoms. The maximum atomic E-state index is 11.1. The number of nitrogens with zero attached hydrogens (tertiary/aromatic N) is 1. The van der Waals surface area contributed by atoms with Gasteiger partial charge in [-0.15, -0.1) is 0 Å². The normalized spacial score (nSPS) is 10.2. The van der Waals surface area contributed by atoms with E-state index in [-0.39, 0.29) is 5.56 Å². The zero-order valence-corrected chi connectivity index (χ0v) is 11.8. The molecule has 4 nitrogen and oxygen atoms in total. The lowest BCUT2D eigenvalue weighted by Gasteiger charge is -2.09. The number of pyridine rings is 1. The largest absolute Gasteiger partial charge is 0.488 e. The minimum absolute atomic E-state index is 0.0720. The first-order chi connectivity index (χ1) is 9.06. The molecule has 1 aromatic carbocycles. The molecule has 0 aliphatic carbocycles. The third-order valence-electron chi connectivity index (χ3n) is 2.54. The van der Waals surface area contributed by atoms with Crippen molar-refractivity contribution in [2.24, 2.45) is 0 Å². The number of rotatable bonds is 4. The number of halogens is 1. The second-order valence-corrected chi connectivity index (χ2v) is 4.96. The number of hydrogen-bond acceptors (Lipinski definition) is 3. The predicted octanol–water partition coefficient (Wildman–Crippen LogP) is 3.43. The summed E-state index contributed by atoms with van der Waals surface area (Å²) in [5.41, 5.74) is 1.76. The lowest BCUT2D eigenvalue weighted by molar-refractivity contribution is 0.0691. The van der Waals surface area contributed by atoms with E-state index in [0.29, 0.717) is 12.4 Å². The van der Waals surface area contributed by atoms with Crippen LogP contribution in [-0.2, 0) is 6.61 Å². The second kappa shape index (κ2) is 5.84. The van der Waals surface area contributed by atoms with Gasteiger partial charge in [0.2, 0.25) is 0 Å². The number of aryl methyl sites for hydroxylation is 1. The highest BCUT2D eigenvalue weighted by atomic mass is 79.9. The molecule has 0 aliphatic heterocycles. The lowest BCUT2D eigenvalue weighted by Crippen LogP contribution is -2.04. The summed E-state index contributed by atoms with van der Waals surface area (Å²) in [6.07, 6.45) is 1.31. The van der Waals surface area contributed by atoms with Crippen LogP contribution in [0.4, 0.5) is 0 Å². The van der Waals surface area contributed by atoms with Gasteiger partial charge in [-0.25, -0.2) is 4.79 Å². The molecule has 0 aliphatic rings. The molecule has 0 amide bonds. The van der Waals surface area contributed by atoms with Gasteiger partial charge in [0.15, 0.2) is 0 Å². The number of ether oxygens (including phenoxy) is 1. The molecule has 0 fully saturated rings. The van der Waals surface area contributed by atoms with Crippen molar-refractivity contribution >= 4 is 21.9 Å². The quantitative estimate of drug-likeness (QED) is 0.937. The van der Waals surface area contributed by atoms with Crippen molar-refractivity contribution in [3.63, 3.8) is 0 Å². The van der Waals surface area contributed by atoms with Crippen LogP contribution in [0.15, 0.2) is 41.0 Å². The second-order valence-electron chi connectivity index (χ2n) is 4.04. The first-order valence-corrected chi connectivity index (χ1v) is 6.43. The number of hydrogen-bond donors (Lipinski definition) is 1. The number of carbonyl (C=O) groups is 1. The molecule has 0 atom stereocenters. The Hall–Kier alpha value is -1.88. The first kappa shape index (κ1) is 13.5. The Bertz CT molecular complexity index is 596. The highest BCUT2D eigenvalue weighted by Crippen LogP contribution is 2.20. The fourth-order valence-corrected chi connectivity index (χ4v) is 1.82. The Morgan fingerprint density at radius 1 is 1.37 bits per heavy atom. The van der Waals surface area contributed by atoms with E-state index in [0.717, 1.165) is 15.7 Å². The van der Waals surface area contributed by atoms with Gasteiger partial charge in [-0.2, -0.15) is 0 Å². The summed E-state index contributed by atoms with van der Waals surface area (Å²) in [5, 5.41) is 9.06. The van der Waals surface area contributed by atoms with Gasteiger partial charge in [0.25, 0.3) is 0 Å². The summed E-state index contributed by atoms with van der Waals surface area (Å²) in [4.78, 5) is 15.0. The van der Waals surface area contributed by atoms with Gasteiger partial charge in [-0.05, 0) is 24.6 Å². The molecule has 0 unspecified atom stereocenters. The van der Waals surface area contributed by atoms with Crippen molar-refractivity contribution in [1.29, 1.82) is 0 Å². The van der Waals surface area contributed by atoms with Crippen molar-refractivity contribution in [2.45, 2.75) is 13.5 Å². The number of aromatic carboxylic acids is 1. The maximum Gasteiger partial charge on any atom is 0.341 e. The maximum absolute atomic E-state index is 11.1. The molecular formula is C14H12BrNO3.